The summed E-state index contributed by atoms with van der Waals surface area (Å²) in [6, 6.07) is 6.20. The predicted molar refractivity (Wildman–Crippen MR) is 74.9 cm³/mol. The summed E-state index contributed by atoms with van der Waals surface area (Å²) in [4.78, 5) is 0. The van der Waals surface area contributed by atoms with Gasteiger partial charge in [-0.25, -0.2) is 4.39 Å². The van der Waals surface area contributed by atoms with Gasteiger partial charge < -0.3 is 15.2 Å². The minimum absolute atomic E-state index is 0.00622. The lowest BCUT2D eigenvalue weighted by molar-refractivity contribution is 0.0961. The molecule has 0 aliphatic heterocycles. The van der Waals surface area contributed by atoms with E-state index in [2.05, 4.69) is 26.1 Å². The van der Waals surface area contributed by atoms with Gasteiger partial charge in [0.15, 0.2) is 11.6 Å². The lowest BCUT2D eigenvalue weighted by Crippen LogP contribution is -2.44. The third kappa shape index (κ3) is 6.03. The highest BCUT2D eigenvalue weighted by Gasteiger charge is 2.17. The van der Waals surface area contributed by atoms with Crippen molar-refractivity contribution in [3.63, 3.8) is 0 Å². The second-order valence-corrected chi connectivity index (χ2v) is 5.41. The van der Waals surface area contributed by atoms with Crippen LogP contribution in [0.5, 0.6) is 5.75 Å². The number of ether oxygens (including phenoxy) is 1. The molecule has 1 unspecified atom stereocenters. The molecule has 19 heavy (non-hydrogen) atoms. The third-order valence-electron chi connectivity index (χ3n) is 2.96. The van der Waals surface area contributed by atoms with E-state index in [1.54, 1.807) is 18.2 Å². The van der Waals surface area contributed by atoms with E-state index in [1.807, 2.05) is 0 Å². The maximum atomic E-state index is 13.3. The second-order valence-electron chi connectivity index (χ2n) is 5.41. The Bertz CT molecular complexity index is 382. The molecule has 0 aromatic heterocycles. The highest BCUT2D eigenvalue weighted by Crippen LogP contribution is 2.15. The molecule has 1 atom stereocenters. The fraction of sp³-hybridized carbons (Fsp3) is 0.600. The number of nitrogens with one attached hydrogen (secondary N) is 1. The Morgan fingerprint density at radius 1 is 1.37 bits per heavy atom. The minimum atomic E-state index is -0.657. The standard InChI is InChI=1S/C15H24FNO2/c1-4-9-15(2,3)17-10-12(18)11-19-14-8-6-5-7-13(14)16/h5-8,12,17-18H,4,9-11H2,1-3H3. The maximum absolute atomic E-state index is 13.3. The monoisotopic (exact) mass is 269 g/mol. The molecule has 0 saturated carbocycles. The molecule has 0 radical (unpaired) electrons. The number of benzene rings is 1. The van der Waals surface area contributed by atoms with Gasteiger partial charge in [-0.3, -0.25) is 0 Å². The maximum Gasteiger partial charge on any atom is 0.165 e. The molecule has 0 aliphatic rings. The Balaban J connectivity index is 2.32. The van der Waals surface area contributed by atoms with Crippen molar-refractivity contribution in [1.82, 2.24) is 5.32 Å². The Hall–Kier alpha value is -1.13. The molecule has 3 nitrogen and oxygen atoms in total. The molecule has 1 aromatic rings. The van der Waals surface area contributed by atoms with Crippen LogP contribution < -0.4 is 10.1 Å². The third-order valence-corrected chi connectivity index (χ3v) is 2.96. The van der Waals surface area contributed by atoms with E-state index >= 15 is 0 Å². The molecule has 0 heterocycles. The molecule has 0 aliphatic carbocycles. The number of hydrogen-bond acceptors (Lipinski definition) is 3. The summed E-state index contributed by atoms with van der Waals surface area (Å²) in [6.07, 6.45) is 1.46. The molecule has 0 bridgehead atoms. The average molecular weight is 269 g/mol. The van der Waals surface area contributed by atoms with Crippen molar-refractivity contribution in [3.8, 4) is 5.75 Å². The first-order valence-electron chi connectivity index (χ1n) is 6.75. The molecule has 0 saturated heterocycles. The van der Waals surface area contributed by atoms with Gasteiger partial charge in [-0.2, -0.15) is 0 Å². The van der Waals surface area contributed by atoms with E-state index < -0.39 is 11.9 Å². The smallest absolute Gasteiger partial charge is 0.165 e. The van der Waals surface area contributed by atoms with E-state index in [4.69, 9.17) is 4.74 Å². The van der Waals surface area contributed by atoms with Gasteiger partial charge in [0, 0.05) is 12.1 Å². The van der Waals surface area contributed by atoms with Crippen LogP contribution in [0.25, 0.3) is 0 Å². The number of halogens is 1. The predicted octanol–water partition coefficient (Wildman–Crippen LogP) is 2.73. The highest BCUT2D eigenvalue weighted by molar-refractivity contribution is 5.23. The van der Waals surface area contributed by atoms with E-state index in [9.17, 15) is 9.50 Å². The molecule has 4 heteroatoms. The van der Waals surface area contributed by atoms with Crippen LogP contribution >= 0.6 is 0 Å². The fourth-order valence-corrected chi connectivity index (χ4v) is 1.91. The van der Waals surface area contributed by atoms with Crippen molar-refractivity contribution in [3.05, 3.63) is 30.1 Å². The molecule has 0 fully saturated rings. The van der Waals surface area contributed by atoms with Gasteiger partial charge in [-0.05, 0) is 32.4 Å². The van der Waals surface area contributed by atoms with Gasteiger partial charge in [-0.1, -0.05) is 25.5 Å². The lowest BCUT2D eigenvalue weighted by Gasteiger charge is -2.27. The van der Waals surface area contributed by atoms with Crippen LogP contribution in [0.1, 0.15) is 33.6 Å². The highest BCUT2D eigenvalue weighted by atomic mass is 19.1. The number of aliphatic hydroxyl groups is 1. The molecule has 0 spiro atoms. The van der Waals surface area contributed by atoms with Gasteiger partial charge >= 0.3 is 0 Å². The SMILES string of the molecule is CCCC(C)(C)NCC(O)COc1ccccc1F. The van der Waals surface area contributed by atoms with E-state index in [0.717, 1.165) is 12.8 Å². The topological polar surface area (TPSA) is 41.5 Å². The van der Waals surface area contributed by atoms with Crippen molar-refractivity contribution in [2.45, 2.75) is 45.3 Å². The van der Waals surface area contributed by atoms with Gasteiger partial charge in [0.2, 0.25) is 0 Å². The van der Waals surface area contributed by atoms with Gasteiger partial charge in [-0.15, -0.1) is 0 Å². The summed E-state index contributed by atoms with van der Waals surface area (Å²) in [6.45, 7) is 6.83. The quantitative estimate of drug-likeness (QED) is 0.762. The number of aliphatic hydroxyl groups excluding tert-OH is 1. The van der Waals surface area contributed by atoms with Crippen molar-refractivity contribution in [2.24, 2.45) is 0 Å². The summed E-state index contributed by atoms with van der Waals surface area (Å²) in [5.41, 5.74) is -0.00622. The molecular weight excluding hydrogens is 245 g/mol. The van der Waals surface area contributed by atoms with E-state index in [0.29, 0.717) is 6.54 Å². The fourth-order valence-electron chi connectivity index (χ4n) is 1.91. The van der Waals surface area contributed by atoms with Crippen molar-refractivity contribution >= 4 is 0 Å². The zero-order valence-electron chi connectivity index (χ0n) is 11.9. The van der Waals surface area contributed by atoms with Crippen molar-refractivity contribution in [1.29, 1.82) is 0 Å². The summed E-state index contributed by atoms with van der Waals surface area (Å²) >= 11 is 0. The van der Waals surface area contributed by atoms with E-state index in [1.165, 1.54) is 6.07 Å². The van der Waals surface area contributed by atoms with Crippen LogP contribution in [0.4, 0.5) is 4.39 Å². The largest absolute Gasteiger partial charge is 0.488 e. The van der Waals surface area contributed by atoms with Crippen LogP contribution in [-0.2, 0) is 0 Å². The molecule has 1 aromatic carbocycles. The summed E-state index contributed by atoms with van der Waals surface area (Å²) in [5.74, 6) is -0.233. The van der Waals surface area contributed by atoms with Crippen LogP contribution in [0.2, 0.25) is 0 Å². The number of para-hydroxylation sites is 1. The lowest BCUT2D eigenvalue weighted by atomic mass is 9.99. The average Bonchev–Trinajstić information content (AvgIpc) is 2.35. The van der Waals surface area contributed by atoms with E-state index in [-0.39, 0.29) is 17.9 Å². The first-order chi connectivity index (χ1) is 8.94. The Morgan fingerprint density at radius 3 is 2.68 bits per heavy atom. The van der Waals surface area contributed by atoms with Crippen LogP contribution in [-0.4, -0.2) is 29.9 Å². The first-order valence-corrected chi connectivity index (χ1v) is 6.75. The Kier molecular flexibility index (Phi) is 6.25. The molecule has 1 rings (SSSR count). The van der Waals surface area contributed by atoms with Crippen LogP contribution in [0, 0.1) is 5.82 Å². The van der Waals surface area contributed by atoms with Crippen LogP contribution in [0.3, 0.4) is 0 Å². The molecule has 2 N–H and O–H groups in total. The van der Waals surface area contributed by atoms with Crippen LogP contribution in [0.15, 0.2) is 24.3 Å². The normalized spacial score (nSPS) is 13.3. The molecule has 108 valence electrons. The summed E-state index contributed by atoms with van der Waals surface area (Å²) < 4.78 is 18.6. The van der Waals surface area contributed by atoms with Crippen molar-refractivity contribution < 1.29 is 14.2 Å². The van der Waals surface area contributed by atoms with Crippen molar-refractivity contribution in [2.75, 3.05) is 13.2 Å². The molecule has 0 amide bonds. The van der Waals surface area contributed by atoms with Gasteiger partial charge in [0.05, 0.1) is 0 Å². The Morgan fingerprint density at radius 2 is 2.05 bits per heavy atom. The van der Waals surface area contributed by atoms with Gasteiger partial charge in [0.1, 0.15) is 12.7 Å². The summed E-state index contributed by atoms with van der Waals surface area (Å²) in [5, 5.41) is 13.1. The zero-order chi connectivity index (χ0) is 14.3. The van der Waals surface area contributed by atoms with Gasteiger partial charge in [0.25, 0.3) is 0 Å². The Labute approximate surface area is 114 Å². The summed E-state index contributed by atoms with van der Waals surface area (Å²) in [7, 11) is 0. The second kappa shape index (κ2) is 7.46. The number of β-amino-alcohol motifs (C(OH)–C–C–N with tert-alkyl or cyclic N) is 1. The number of rotatable bonds is 8. The first kappa shape index (κ1) is 15.9. The molecular formula is C15H24FNO2. The zero-order valence-corrected chi connectivity index (χ0v) is 11.9. The number of hydrogen-bond donors (Lipinski definition) is 2. The minimum Gasteiger partial charge on any atom is -0.488 e.